The Hall–Kier alpha value is -2.37. The van der Waals surface area contributed by atoms with E-state index in [-0.39, 0.29) is 5.69 Å². The van der Waals surface area contributed by atoms with E-state index in [2.05, 4.69) is 14.8 Å². The van der Waals surface area contributed by atoms with Crippen LogP contribution in [0, 0.1) is 0 Å². The fourth-order valence-corrected chi connectivity index (χ4v) is 1.58. The Labute approximate surface area is 104 Å². The number of nitrogens with zero attached hydrogens (tertiary/aromatic N) is 3. The normalized spacial score (nSPS) is 10.3. The molecular weight excluding hydrogens is 232 g/mol. The van der Waals surface area contributed by atoms with Crippen LogP contribution in [0.3, 0.4) is 0 Å². The van der Waals surface area contributed by atoms with Crippen molar-refractivity contribution < 1.29 is 9.53 Å². The van der Waals surface area contributed by atoms with Gasteiger partial charge >= 0.3 is 5.97 Å². The molecule has 0 saturated heterocycles. The fraction of sp³-hybridized carbons (Fsp3) is 0.250. The lowest BCUT2D eigenvalue weighted by molar-refractivity contribution is 0.0594. The zero-order valence-electron chi connectivity index (χ0n) is 10.0. The van der Waals surface area contributed by atoms with Gasteiger partial charge in [0.15, 0.2) is 5.69 Å². The summed E-state index contributed by atoms with van der Waals surface area (Å²) in [5.41, 5.74) is 7.12. The molecular formula is C12H14N4O2. The van der Waals surface area contributed by atoms with Crippen LogP contribution in [-0.4, -0.2) is 27.8 Å². The lowest BCUT2D eigenvalue weighted by Crippen LogP contribution is -2.07. The molecule has 6 heteroatoms. The number of hydrogen-bond donors (Lipinski definition) is 1. The summed E-state index contributed by atoms with van der Waals surface area (Å²) in [5, 5.41) is 4.08. The Morgan fingerprint density at radius 3 is 3.00 bits per heavy atom. The van der Waals surface area contributed by atoms with Crippen molar-refractivity contribution in [2.75, 3.05) is 12.8 Å². The van der Waals surface area contributed by atoms with Crippen LogP contribution in [0.2, 0.25) is 0 Å². The molecule has 2 heterocycles. The Balaban J connectivity index is 2.05. The van der Waals surface area contributed by atoms with Crippen molar-refractivity contribution in [1.82, 2.24) is 14.8 Å². The predicted molar refractivity (Wildman–Crippen MR) is 65.9 cm³/mol. The number of methoxy groups -OCH3 is 1. The second kappa shape index (κ2) is 5.31. The van der Waals surface area contributed by atoms with Crippen LogP contribution in [0.25, 0.3) is 0 Å². The minimum absolute atomic E-state index is 0.151. The van der Waals surface area contributed by atoms with Crippen LogP contribution in [-0.2, 0) is 17.7 Å². The Kier molecular flexibility index (Phi) is 3.57. The van der Waals surface area contributed by atoms with Gasteiger partial charge in [0.2, 0.25) is 0 Å². The number of aromatic nitrogens is 3. The fourth-order valence-electron chi connectivity index (χ4n) is 1.58. The molecule has 0 atom stereocenters. The minimum Gasteiger partial charge on any atom is -0.464 e. The molecule has 2 N–H and O–H groups in total. The van der Waals surface area contributed by atoms with Gasteiger partial charge in [-0.05, 0) is 12.1 Å². The first kappa shape index (κ1) is 12.1. The third kappa shape index (κ3) is 2.65. The van der Waals surface area contributed by atoms with Crippen molar-refractivity contribution in [1.29, 1.82) is 0 Å². The summed E-state index contributed by atoms with van der Waals surface area (Å²) < 4.78 is 6.21. The van der Waals surface area contributed by atoms with E-state index in [1.807, 2.05) is 18.2 Å². The molecule has 0 bridgehead atoms. The number of aryl methyl sites for hydroxylation is 2. The number of rotatable bonds is 4. The predicted octanol–water partition coefficient (Wildman–Crippen LogP) is 0.890. The maximum atomic E-state index is 11.3. The molecule has 18 heavy (non-hydrogen) atoms. The largest absolute Gasteiger partial charge is 0.464 e. The van der Waals surface area contributed by atoms with Crippen LogP contribution in [0.4, 0.5) is 5.69 Å². The summed E-state index contributed by atoms with van der Waals surface area (Å²) in [7, 11) is 1.30. The monoisotopic (exact) mass is 246 g/mol. The molecule has 2 aromatic rings. The van der Waals surface area contributed by atoms with Gasteiger partial charge in [-0.15, -0.1) is 0 Å². The lowest BCUT2D eigenvalue weighted by Gasteiger charge is -2.00. The summed E-state index contributed by atoms with van der Waals surface area (Å²) in [6.45, 7) is 0.609. The van der Waals surface area contributed by atoms with Gasteiger partial charge in [-0.3, -0.25) is 9.67 Å². The summed E-state index contributed by atoms with van der Waals surface area (Å²) in [6.07, 6.45) is 4.09. The molecule has 0 aliphatic carbocycles. The standard InChI is InChI=1S/C12H14N4O2/c1-18-12(17)11-10(13)8-16(15-11)7-5-9-4-2-3-6-14-9/h2-4,6,8H,5,7,13H2,1H3. The first-order valence-corrected chi connectivity index (χ1v) is 5.52. The van der Waals surface area contributed by atoms with Crippen molar-refractivity contribution in [3.8, 4) is 0 Å². The second-order valence-electron chi connectivity index (χ2n) is 3.76. The third-order valence-electron chi connectivity index (χ3n) is 2.49. The van der Waals surface area contributed by atoms with Crippen molar-refractivity contribution >= 4 is 11.7 Å². The number of pyridine rings is 1. The zero-order valence-corrected chi connectivity index (χ0v) is 10.0. The number of esters is 1. The molecule has 0 aromatic carbocycles. The molecule has 0 spiro atoms. The number of nitrogen functional groups attached to an aromatic ring is 1. The highest BCUT2D eigenvalue weighted by atomic mass is 16.5. The highest BCUT2D eigenvalue weighted by Crippen LogP contribution is 2.10. The van der Waals surface area contributed by atoms with Gasteiger partial charge in [-0.25, -0.2) is 4.79 Å². The molecule has 0 aliphatic rings. The Morgan fingerprint density at radius 1 is 1.50 bits per heavy atom. The third-order valence-corrected chi connectivity index (χ3v) is 2.49. The van der Waals surface area contributed by atoms with Crippen LogP contribution in [0.1, 0.15) is 16.2 Å². The van der Waals surface area contributed by atoms with Gasteiger partial charge in [-0.2, -0.15) is 5.10 Å². The van der Waals surface area contributed by atoms with E-state index in [0.717, 1.165) is 12.1 Å². The quantitative estimate of drug-likeness (QED) is 0.810. The van der Waals surface area contributed by atoms with Crippen molar-refractivity contribution in [3.05, 3.63) is 42.0 Å². The maximum absolute atomic E-state index is 11.3. The molecule has 0 unspecified atom stereocenters. The highest BCUT2D eigenvalue weighted by Gasteiger charge is 2.14. The van der Waals surface area contributed by atoms with Gasteiger partial charge in [0.05, 0.1) is 12.8 Å². The number of carbonyl (C=O) groups excluding carboxylic acids is 1. The molecule has 0 radical (unpaired) electrons. The van der Waals surface area contributed by atoms with E-state index in [4.69, 9.17) is 5.73 Å². The maximum Gasteiger partial charge on any atom is 0.360 e. The van der Waals surface area contributed by atoms with Gasteiger partial charge < -0.3 is 10.5 Å². The minimum atomic E-state index is -0.524. The van der Waals surface area contributed by atoms with Crippen LogP contribution in [0.15, 0.2) is 30.6 Å². The van der Waals surface area contributed by atoms with E-state index in [9.17, 15) is 4.79 Å². The summed E-state index contributed by atoms with van der Waals surface area (Å²) in [4.78, 5) is 15.5. The topological polar surface area (TPSA) is 83.0 Å². The second-order valence-corrected chi connectivity index (χ2v) is 3.76. The van der Waals surface area contributed by atoms with E-state index in [0.29, 0.717) is 12.2 Å². The average molecular weight is 246 g/mol. The first-order chi connectivity index (χ1) is 8.70. The van der Waals surface area contributed by atoms with Crippen molar-refractivity contribution in [2.24, 2.45) is 0 Å². The van der Waals surface area contributed by atoms with Gasteiger partial charge in [0.25, 0.3) is 0 Å². The average Bonchev–Trinajstić information content (AvgIpc) is 2.78. The van der Waals surface area contributed by atoms with E-state index in [1.54, 1.807) is 17.1 Å². The van der Waals surface area contributed by atoms with Crippen LogP contribution >= 0.6 is 0 Å². The molecule has 0 aliphatic heterocycles. The highest BCUT2D eigenvalue weighted by molar-refractivity contribution is 5.92. The number of ether oxygens (including phenoxy) is 1. The molecule has 6 nitrogen and oxygen atoms in total. The van der Waals surface area contributed by atoms with Crippen LogP contribution < -0.4 is 5.73 Å². The van der Waals surface area contributed by atoms with Gasteiger partial charge in [0.1, 0.15) is 0 Å². The van der Waals surface area contributed by atoms with Gasteiger partial charge in [-0.1, -0.05) is 6.07 Å². The van der Waals surface area contributed by atoms with Gasteiger partial charge in [0, 0.05) is 31.1 Å². The molecule has 0 saturated carbocycles. The smallest absolute Gasteiger partial charge is 0.360 e. The lowest BCUT2D eigenvalue weighted by atomic mass is 10.3. The number of carbonyl (C=O) groups is 1. The summed E-state index contributed by atoms with van der Waals surface area (Å²) >= 11 is 0. The molecule has 0 fully saturated rings. The Morgan fingerprint density at radius 2 is 2.33 bits per heavy atom. The first-order valence-electron chi connectivity index (χ1n) is 5.52. The number of nitrogens with two attached hydrogens (primary N) is 1. The van der Waals surface area contributed by atoms with Crippen molar-refractivity contribution in [3.63, 3.8) is 0 Å². The van der Waals surface area contributed by atoms with E-state index < -0.39 is 5.97 Å². The zero-order chi connectivity index (χ0) is 13.0. The Bertz CT molecular complexity index is 536. The SMILES string of the molecule is COC(=O)c1nn(CCc2ccccn2)cc1N. The number of hydrogen-bond acceptors (Lipinski definition) is 5. The van der Waals surface area contributed by atoms with E-state index >= 15 is 0 Å². The van der Waals surface area contributed by atoms with E-state index in [1.165, 1.54) is 7.11 Å². The molecule has 0 amide bonds. The molecule has 2 rings (SSSR count). The molecule has 94 valence electrons. The van der Waals surface area contributed by atoms with Crippen molar-refractivity contribution in [2.45, 2.75) is 13.0 Å². The number of anilines is 1. The summed E-state index contributed by atoms with van der Waals surface area (Å²) in [6, 6.07) is 5.73. The van der Waals surface area contributed by atoms with Crippen LogP contribution in [0.5, 0.6) is 0 Å². The summed E-state index contributed by atoms with van der Waals surface area (Å²) in [5.74, 6) is -0.524. The molecule has 2 aromatic heterocycles.